The average Bonchev–Trinajstić information content (AvgIpc) is 3.05. The molecule has 0 saturated carbocycles. The van der Waals surface area contributed by atoms with Gasteiger partial charge in [-0.1, -0.05) is 12.1 Å². The zero-order valence-electron chi connectivity index (χ0n) is 12.1. The highest BCUT2D eigenvalue weighted by Gasteiger charge is 2.32. The van der Waals surface area contributed by atoms with Crippen LogP contribution in [0.15, 0.2) is 24.3 Å². The van der Waals surface area contributed by atoms with Crippen LogP contribution in [0.3, 0.4) is 0 Å². The number of para-hydroxylation sites is 1. The van der Waals surface area contributed by atoms with Gasteiger partial charge in [0.25, 0.3) is 0 Å². The summed E-state index contributed by atoms with van der Waals surface area (Å²) >= 11 is 1.68. The van der Waals surface area contributed by atoms with E-state index in [0.29, 0.717) is 13.0 Å². The van der Waals surface area contributed by atoms with Crippen molar-refractivity contribution in [3.63, 3.8) is 0 Å². The molecule has 0 spiro atoms. The number of hydrogen-bond donors (Lipinski definition) is 1. The van der Waals surface area contributed by atoms with Gasteiger partial charge in [0.15, 0.2) is 9.84 Å². The molecule has 1 amide bonds. The fourth-order valence-electron chi connectivity index (χ4n) is 2.62. The van der Waals surface area contributed by atoms with E-state index in [1.54, 1.807) is 11.3 Å². The summed E-state index contributed by atoms with van der Waals surface area (Å²) in [4.78, 5) is 16.4. The molecule has 1 fully saturated rings. The van der Waals surface area contributed by atoms with Crippen molar-refractivity contribution in [1.82, 2.24) is 10.3 Å². The van der Waals surface area contributed by atoms with Gasteiger partial charge < -0.3 is 5.32 Å². The van der Waals surface area contributed by atoms with Crippen LogP contribution in [0.5, 0.6) is 0 Å². The number of hydrogen-bond acceptors (Lipinski definition) is 5. The van der Waals surface area contributed by atoms with E-state index in [1.165, 1.54) is 4.70 Å². The van der Waals surface area contributed by atoms with E-state index in [0.717, 1.165) is 23.4 Å². The third kappa shape index (κ3) is 3.64. The van der Waals surface area contributed by atoms with Gasteiger partial charge in [-0.15, -0.1) is 11.3 Å². The molecule has 118 valence electrons. The van der Waals surface area contributed by atoms with Gasteiger partial charge in [0.1, 0.15) is 0 Å². The van der Waals surface area contributed by atoms with Crippen molar-refractivity contribution in [2.45, 2.75) is 19.3 Å². The number of amides is 1. The minimum atomic E-state index is -3.00. The van der Waals surface area contributed by atoms with Crippen molar-refractivity contribution in [2.24, 2.45) is 5.92 Å². The molecule has 1 aromatic carbocycles. The minimum Gasteiger partial charge on any atom is -0.356 e. The van der Waals surface area contributed by atoms with E-state index in [-0.39, 0.29) is 23.3 Å². The Morgan fingerprint density at radius 1 is 1.36 bits per heavy atom. The molecule has 1 N–H and O–H groups in total. The predicted octanol–water partition coefficient (Wildman–Crippen LogP) is 1.78. The fourth-order valence-corrected chi connectivity index (χ4v) is 5.37. The topological polar surface area (TPSA) is 76.1 Å². The lowest BCUT2D eigenvalue weighted by atomic mass is 10.1. The van der Waals surface area contributed by atoms with Crippen LogP contribution in [0.2, 0.25) is 0 Å². The van der Waals surface area contributed by atoms with Crippen LogP contribution in [0, 0.1) is 5.92 Å². The quantitative estimate of drug-likeness (QED) is 0.843. The highest BCUT2D eigenvalue weighted by Crippen LogP contribution is 2.22. The van der Waals surface area contributed by atoms with Crippen molar-refractivity contribution in [1.29, 1.82) is 0 Å². The van der Waals surface area contributed by atoms with Crippen LogP contribution in [-0.2, 0) is 21.1 Å². The standard InChI is InChI=1S/C15H18N2O3S2/c18-15(11-7-9-22(19,20)10-11)16-8-3-6-14-17-12-4-1-2-5-13(12)21-14/h1-2,4-5,11H,3,6-10H2,(H,16,18)/t11-/m0/s1. The van der Waals surface area contributed by atoms with Crippen LogP contribution in [-0.4, -0.2) is 37.4 Å². The normalized spacial score (nSPS) is 20.3. The maximum absolute atomic E-state index is 11.9. The van der Waals surface area contributed by atoms with Gasteiger partial charge >= 0.3 is 0 Å². The van der Waals surface area contributed by atoms with Gasteiger partial charge in [-0.05, 0) is 25.0 Å². The lowest BCUT2D eigenvalue weighted by Crippen LogP contribution is -2.32. The molecule has 0 radical (unpaired) electrons. The first-order valence-corrected chi connectivity index (χ1v) is 10.00. The van der Waals surface area contributed by atoms with Crippen LogP contribution in [0.4, 0.5) is 0 Å². The number of nitrogens with zero attached hydrogens (tertiary/aromatic N) is 1. The van der Waals surface area contributed by atoms with E-state index in [1.807, 2.05) is 18.2 Å². The van der Waals surface area contributed by atoms with Gasteiger partial charge in [-0.3, -0.25) is 4.79 Å². The third-order valence-electron chi connectivity index (χ3n) is 3.81. The molecule has 1 atom stereocenters. The molecule has 1 aliphatic heterocycles. The number of thiazole rings is 1. The Kier molecular flexibility index (Phi) is 4.44. The number of carbonyl (C=O) groups is 1. The molecule has 1 aromatic heterocycles. The highest BCUT2D eigenvalue weighted by atomic mass is 32.2. The molecule has 3 rings (SSSR count). The van der Waals surface area contributed by atoms with Crippen LogP contribution in [0.1, 0.15) is 17.8 Å². The van der Waals surface area contributed by atoms with Gasteiger partial charge in [0.05, 0.1) is 32.6 Å². The van der Waals surface area contributed by atoms with Gasteiger partial charge in [0.2, 0.25) is 5.91 Å². The van der Waals surface area contributed by atoms with E-state index in [2.05, 4.69) is 16.4 Å². The second kappa shape index (κ2) is 6.34. The Morgan fingerprint density at radius 3 is 2.91 bits per heavy atom. The summed E-state index contributed by atoms with van der Waals surface area (Å²) < 4.78 is 23.9. The number of aryl methyl sites for hydroxylation is 1. The highest BCUT2D eigenvalue weighted by molar-refractivity contribution is 7.91. The van der Waals surface area contributed by atoms with Crippen molar-refractivity contribution >= 4 is 37.3 Å². The van der Waals surface area contributed by atoms with Gasteiger partial charge in [-0.25, -0.2) is 13.4 Å². The van der Waals surface area contributed by atoms with Crippen LogP contribution >= 0.6 is 11.3 Å². The van der Waals surface area contributed by atoms with Crippen LogP contribution in [0.25, 0.3) is 10.2 Å². The number of aromatic nitrogens is 1. The smallest absolute Gasteiger partial charge is 0.224 e. The number of benzene rings is 1. The van der Waals surface area contributed by atoms with E-state index < -0.39 is 9.84 Å². The maximum Gasteiger partial charge on any atom is 0.224 e. The fraction of sp³-hybridized carbons (Fsp3) is 0.467. The summed E-state index contributed by atoms with van der Waals surface area (Å²) in [5.41, 5.74) is 1.02. The predicted molar refractivity (Wildman–Crippen MR) is 87.7 cm³/mol. The number of rotatable bonds is 5. The summed E-state index contributed by atoms with van der Waals surface area (Å²) in [6, 6.07) is 8.03. The molecule has 5 nitrogen and oxygen atoms in total. The molecule has 0 unspecified atom stereocenters. The molecule has 1 aliphatic rings. The van der Waals surface area contributed by atoms with E-state index >= 15 is 0 Å². The van der Waals surface area contributed by atoms with Crippen molar-refractivity contribution in [2.75, 3.05) is 18.1 Å². The molecular formula is C15H18N2O3S2. The number of nitrogens with one attached hydrogen (secondary N) is 1. The summed E-state index contributed by atoms with van der Waals surface area (Å²) in [7, 11) is -3.00. The van der Waals surface area contributed by atoms with Crippen molar-refractivity contribution in [3.8, 4) is 0 Å². The Bertz CT molecular complexity index is 750. The second-order valence-corrected chi connectivity index (χ2v) is 8.91. The maximum atomic E-state index is 11.9. The Balaban J connectivity index is 1.44. The SMILES string of the molecule is O=C(NCCCc1nc2ccccc2s1)[C@H]1CCS(=O)(=O)C1. The average molecular weight is 338 g/mol. The Morgan fingerprint density at radius 2 is 2.18 bits per heavy atom. The van der Waals surface area contributed by atoms with Crippen LogP contribution < -0.4 is 5.32 Å². The largest absolute Gasteiger partial charge is 0.356 e. The molecule has 0 aliphatic carbocycles. The molecule has 1 saturated heterocycles. The molecule has 0 bridgehead atoms. The van der Waals surface area contributed by atoms with Gasteiger partial charge in [0, 0.05) is 13.0 Å². The Labute approximate surface area is 133 Å². The minimum absolute atomic E-state index is 0.00327. The lowest BCUT2D eigenvalue weighted by Gasteiger charge is -2.08. The second-order valence-electron chi connectivity index (χ2n) is 5.57. The van der Waals surface area contributed by atoms with Crippen molar-refractivity contribution < 1.29 is 13.2 Å². The summed E-state index contributed by atoms with van der Waals surface area (Å²) in [6.07, 6.45) is 2.08. The van der Waals surface area contributed by atoms with Crippen molar-refractivity contribution in [3.05, 3.63) is 29.3 Å². The summed E-state index contributed by atoms with van der Waals surface area (Å²) in [5.74, 6) is -0.370. The lowest BCUT2D eigenvalue weighted by molar-refractivity contribution is -0.124. The van der Waals surface area contributed by atoms with Gasteiger partial charge in [-0.2, -0.15) is 0 Å². The molecule has 22 heavy (non-hydrogen) atoms. The first-order valence-electron chi connectivity index (χ1n) is 7.36. The molecule has 2 aromatic rings. The summed E-state index contributed by atoms with van der Waals surface area (Å²) in [5, 5.41) is 3.91. The summed E-state index contributed by atoms with van der Waals surface area (Å²) in [6.45, 7) is 0.561. The number of sulfone groups is 1. The first kappa shape index (κ1) is 15.4. The third-order valence-corrected chi connectivity index (χ3v) is 6.67. The molecular weight excluding hydrogens is 320 g/mol. The zero-order chi connectivity index (χ0) is 15.6. The molecule has 2 heterocycles. The van der Waals surface area contributed by atoms with E-state index in [9.17, 15) is 13.2 Å². The zero-order valence-corrected chi connectivity index (χ0v) is 13.8. The van der Waals surface area contributed by atoms with E-state index in [4.69, 9.17) is 0 Å². The monoisotopic (exact) mass is 338 g/mol. The number of fused-ring (bicyclic) bond motifs is 1. The molecule has 7 heteroatoms. The Hall–Kier alpha value is -1.47. The first-order chi connectivity index (χ1) is 10.5. The number of carbonyl (C=O) groups excluding carboxylic acids is 1.